The molecule has 0 saturated carbocycles. The minimum absolute atomic E-state index is 0.112. The second-order valence-corrected chi connectivity index (χ2v) is 39.5. The number of hydrogen-bond donors (Lipinski definition) is 4. The van der Waals surface area contributed by atoms with Crippen LogP contribution in [0, 0.1) is 6.92 Å². The first-order chi connectivity index (χ1) is 70.9. The number of halogens is 4. The summed E-state index contributed by atoms with van der Waals surface area (Å²) in [6.07, 6.45) is 5.86. The molecule has 22 rings (SSSR count). The molecule has 0 radical (unpaired) electrons. The van der Waals surface area contributed by atoms with Crippen molar-refractivity contribution in [2.24, 2.45) is 0 Å². The quantitative estimate of drug-likeness (QED) is 0.0284. The van der Waals surface area contributed by atoms with E-state index in [9.17, 15) is 20.1 Å². The summed E-state index contributed by atoms with van der Waals surface area (Å²) in [5, 5.41) is 78.5. The van der Waals surface area contributed by atoms with Crippen LogP contribution in [0.4, 0.5) is 0 Å². The van der Waals surface area contributed by atoms with Crippen molar-refractivity contribution in [3.8, 4) is 92.6 Å². The Kier molecular flexibility index (Phi) is 32.7. The average molecular weight is 2070 g/mol. The van der Waals surface area contributed by atoms with Gasteiger partial charge in [-0.3, -0.25) is 9.69 Å². The smallest absolute Gasteiger partial charge is 0.303 e. The number of ether oxygens (including phenoxy) is 9. The molecular weight excluding hydrogens is 1960 g/mol. The number of aliphatic hydroxyl groups is 4. The van der Waals surface area contributed by atoms with Gasteiger partial charge in [0, 0.05) is 76.1 Å². The van der Waals surface area contributed by atoms with Crippen molar-refractivity contribution < 1.29 is 103 Å². The minimum atomic E-state index is -0.638. The largest absolute Gasteiger partial charge is 0.490 e. The number of hydrogen-bond acceptors (Lipinski definition) is 34. The number of furan rings is 4. The maximum atomic E-state index is 11.8. The Morgan fingerprint density at radius 2 is 0.685 bits per heavy atom. The van der Waals surface area contributed by atoms with Gasteiger partial charge in [-0.1, -0.05) is 123 Å². The number of nitrogens with zero attached hydrogens (tertiary/aromatic N) is 12. The lowest BCUT2D eigenvalue weighted by atomic mass is 9.89. The molecule has 766 valence electrons. The molecular formula is C108H114Cl4N12O22. The number of benzene rings is 8. The fourth-order valence-electron chi connectivity index (χ4n) is 19.1. The van der Waals surface area contributed by atoms with E-state index in [1.54, 1.807) is 13.0 Å². The number of aryl methyl sites for hydroxylation is 1. The molecule has 0 aliphatic carbocycles. The van der Waals surface area contributed by atoms with E-state index in [-0.39, 0.29) is 62.6 Å². The highest BCUT2D eigenvalue weighted by Crippen LogP contribution is 2.45. The number of carbonyl (C=O) groups is 1. The Bertz CT molecular complexity index is 6890. The third-order valence-electron chi connectivity index (χ3n) is 26.8. The molecule has 16 aromatic rings. The number of rotatable bonds is 32. The zero-order chi connectivity index (χ0) is 101. The Morgan fingerprint density at radius 1 is 0.363 bits per heavy atom. The highest BCUT2D eigenvalue weighted by molar-refractivity contribution is 6.42. The van der Waals surface area contributed by atoms with Crippen molar-refractivity contribution in [2.45, 2.75) is 159 Å². The topological polar surface area (TPSA) is 402 Å². The van der Waals surface area contributed by atoms with E-state index in [1.165, 1.54) is 29.2 Å². The van der Waals surface area contributed by atoms with E-state index >= 15 is 0 Å². The second kappa shape index (κ2) is 46.9. The lowest BCUT2D eigenvalue weighted by Crippen LogP contribution is -2.42. The van der Waals surface area contributed by atoms with Crippen LogP contribution in [0.5, 0.6) is 46.0 Å². The first-order valence-corrected chi connectivity index (χ1v) is 50.8. The second-order valence-electron chi connectivity index (χ2n) is 37.9. The number of carbonyl (C=O) groups excluding carboxylic acids is 1. The maximum absolute atomic E-state index is 11.8. The van der Waals surface area contributed by atoms with Gasteiger partial charge in [0.05, 0.1) is 41.6 Å². The van der Waals surface area contributed by atoms with E-state index in [1.807, 2.05) is 167 Å². The fourth-order valence-corrected chi connectivity index (χ4v) is 19.7. The van der Waals surface area contributed by atoms with Crippen LogP contribution in [0.3, 0.4) is 0 Å². The first-order valence-electron chi connectivity index (χ1n) is 49.2. The number of fused-ring (bicyclic) bond motifs is 6. The summed E-state index contributed by atoms with van der Waals surface area (Å²) in [5.41, 5.74) is 7.56. The van der Waals surface area contributed by atoms with Gasteiger partial charge < -0.3 is 113 Å². The van der Waals surface area contributed by atoms with Crippen LogP contribution in [0.15, 0.2) is 205 Å². The normalized spacial score (nSPS) is 16.5. The lowest BCUT2D eigenvalue weighted by molar-refractivity contribution is -0.149. The van der Waals surface area contributed by atoms with Gasteiger partial charge in [0.2, 0.25) is 37.1 Å². The van der Waals surface area contributed by atoms with Crippen molar-refractivity contribution in [3.63, 3.8) is 0 Å². The Balaban J connectivity index is 0.000000123. The van der Waals surface area contributed by atoms with E-state index in [0.717, 1.165) is 148 Å². The summed E-state index contributed by atoms with van der Waals surface area (Å²) < 4.78 is 97.4. The van der Waals surface area contributed by atoms with Gasteiger partial charge in [-0.2, -0.15) is 0 Å². The van der Waals surface area contributed by atoms with Crippen molar-refractivity contribution in [1.82, 2.24) is 60.4 Å². The highest BCUT2D eigenvalue weighted by atomic mass is 35.5. The minimum Gasteiger partial charge on any atom is -0.490 e. The number of esters is 1. The number of likely N-dealkylation sites (tertiary alicyclic amines) is 4. The Morgan fingerprint density at radius 3 is 1.01 bits per heavy atom. The maximum Gasteiger partial charge on any atom is 0.303 e. The van der Waals surface area contributed by atoms with Crippen molar-refractivity contribution >= 4 is 96.3 Å². The van der Waals surface area contributed by atoms with Crippen molar-refractivity contribution in [1.29, 1.82) is 0 Å². The average Bonchev–Trinajstić information content (AvgIpc) is 1.65. The van der Waals surface area contributed by atoms with Crippen LogP contribution in [-0.4, -0.2) is 230 Å². The molecule has 0 spiro atoms. The predicted octanol–water partition coefficient (Wildman–Crippen LogP) is 21.1. The molecule has 8 aromatic carbocycles. The number of aliphatic hydroxyl groups excluding tert-OH is 4. The fraction of sp³-hybridized carbons (Fsp3) is 0.398. The SMILES string of the molecule is CC(=O)O[C@H](COc1cccc2oc(-c3nnc(C)o3)cc12)CN1CCC(c2ccc(Cl)c(Cl)c2)CC1.CC(C)c1nnc(-c2cc3c(OC[C@@H](O)CN4CCC(c5ccc6c(c5)OCO6)CC4)cccc3o2)o1.CC(C)c1nnc(-c2cc3c(OC[C@H](O)CN4CCC(c5ccc6c(c5)OCO6)CC4)cccc3o2)o1.OCc1nnc(-c2cc3c(OC[C@@H](O)CN4CCC(c5ccc(Cl)c(Cl)c5)CC4)cccc3o2)o1. The number of piperidine rings is 4. The monoisotopic (exact) mass is 2070 g/mol. The van der Waals surface area contributed by atoms with Gasteiger partial charge >= 0.3 is 5.97 Å². The molecule has 38 heteroatoms. The predicted molar refractivity (Wildman–Crippen MR) is 544 cm³/mol. The summed E-state index contributed by atoms with van der Waals surface area (Å²) in [5.74, 6) is 12.3. The molecule has 4 fully saturated rings. The Hall–Kier alpha value is -12.8. The lowest BCUT2D eigenvalue weighted by Gasteiger charge is -2.34. The molecule has 0 amide bonds. The number of aromatic nitrogens is 8. The summed E-state index contributed by atoms with van der Waals surface area (Å²) in [6.45, 7) is 21.7. The Labute approximate surface area is 860 Å². The van der Waals surface area contributed by atoms with E-state index in [2.05, 4.69) is 84.7 Å². The van der Waals surface area contributed by atoms with Gasteiger partial charge in [-0.05, 0) is 247 Å². The first kappa shape index (κ1) is 102. The van der Waals surface area contributed by atoms with Crippen molar-refractivity contribution in [3.05, 3.63) is 236 Å². The zero-order valence-corrected chi connectivity index (χ0v) is 84.6. The molecule has 4 N–H and O–H groups in total. The molecule has 0 unspecified atom stereocenters. The highest BCUT2D eigenvalue weighted by Gasteiger charge is 2.33. The van der Waals surface area contributed by atoms with Gasteiger partial charge in [0.15, 0.2) is 46.0 Å². The molecule has 34 nitrogen and oxygen atoms in total. The molecule has 14 heterocycles. The van der Waals surface area contributed by atoms with Crippen LogP contribution >= 0.6 is 46.4 Å². The molecule has 4 saturated heterocycles. The van der Waals surface area contributed by atoms with Gasteiger partial charge in [0.1, 0.15) is 103 Å². The van der Waals surface area contributed by atoms with Crippen LogP contribution in [0.1, 0.15) is 167 Å². The van der Waals surface area contributed by atoms with Gasteiger partial charge in [0.25, 0.3) is 23.6 Å². The summed E-state index contributed by atoms with van der Waals surface area (Å²) in [6, 6.07) is 53.7. The van der Waals surface area contributed by atoms with Crippen LogP contribution in [0.25, 0.3) is 90.5 Å². The molecule has 6 aliphatic rings. The van der Waals surface area contributed by atoms with E-state index < -0.39 is 24.4 Å². The summed E-state index contributed by atoms with van der Waals surface area (Å²) in [4.78, 5) is 21.0. The third kappa shape index (κ3) is 25.2. The van der Waals surface area contributed by atoms with Crippen LogP contribution in [0.2, 0.25) is 20.1 Å². The molecule has 0 bridgehead atoms. The molecule has 6 aliphatic heterocycles. The van der Waals surface area contributed by atoms with Crippen molar-refractivity contribution in [2.75, 3.05) is 119 Å². The number of β-amino-alcohol motifs (C(OH)–C–C–N with tert-alkyl or cyclic N) is 3. The summed E-state index contributed by atoms with van der Waals surface area (Å²) >= 11 is 24.5. The van der Waals surface area contributed by atoms with Crippen LogP contribution < -0.4 is 37.9 Å². The molecule has 146 heavy (non-hydrogen) atoms. The standard InChI is InChI=1S/2C28H31N3O6.C27H27Cl2N3O5.C25H25Cl2N3O5/c2*1-17(2)27-29-30-28(37-27)26-13-21-22(4-3-5-23(21)36-26)33-15-20(32)14-31-10-8-18(9-11-31)19-6-7-24-25(12-19)35-16-34-24;1-16-30-31-27(35-16)26-13-21-24(4-3-5-25(21)37-26)34-15-20(36-17(2)33)14-32-10-8-18(9-11-32)19-6-7-22(28)23(29)12-19;26-19-5-4-16(10-20(19)27)15-6-8-30(9-7-15)12-17(32)14-33-21-2-1-3-22-18(21)11-23(34-22)25-29-28-24(13-31)35-25/h2*3-7,12-13,17-18,20,32H,8-11,14-16H2,1-2H3;3-7,12-13,18,20H,8-11,14-15H2,1-2H3;1-5,10-11,15,17,31-32H,6-9,12-14H2/t3*20-;17-/m1000/s1. The van der Waals surface area contributed by atoms with Crippen LogP contribution in [-0.2, 0) is 16.1 Å². The van der Waals surface area contributed by atoms with Gasteiger partial charge in [-0.15, -0.1) is 40.8 Å². The molecule has 4 atom stereocenters. The third-order valence-corrected chi connectivity index (χ3v) is 28.2. The van der Waals surface area contributed by atoms with E-state index in [0.29, 0.717) is 187 Å². The molecule has 8 aromatic heterocycles. The van der Waals surface area contributed by atoms with Gasteiger partial charge in [-0.25, -0.2) is 0 Å². The van der Waals surface area contributed by atoms with E-state index in [4.69, 9.17) is 129 Å². The summed E-state index contributed by atoms with van der Waals surface area (Å²) in [7, 11) is 0. The zero-order valence-electron chi connectivity index (χ0n) is 81.5.